The van der Waals surface area contributed by atoms with Crippen molar-refractivity contribution in [3.05, 3.63) is 58.0 Å². The molecule has 0 unspecified atom stereocenters. The Kier molecular flexibility index (Phi) is 5.60. The van der Waals surface area contributed by atoms with E-state index < -0.39 is 11.2 Å². The number of benzene rings is 1. The molecule has 1 aromatic carbocycles. The number of nitrogens with two attached hydrogens (primary N) is 1. The standard InChI is InChI=1S/C26H25BrClN5O3/c1-25(2)35-20-19(33-8-6-16-22(28)30-13-31-24(16)33)11-26(12-34,21(20)36-25)7-5-14-3-4-15-10-17(27)23(29)32-18(15)9-14/h3-4,6,8-10,12-13,19-21H,5,7,11H2,1-2H3,(H2,29,32)/t19-,20+,21+,26+/m1/s1. The number of aryl methyl sites for hydroxylation is 1. The first kappa shape index (κ1) is 23.8. The van der Waals surface area contributed by atoms with Crippen LogP contribution in [0.25, 0.3) is 21.9 Å². The number of pyridine rings is 1. The van der Waals surface area contributed by atoms with E-state index in [4.69, 9.17) is 26.8 Å². The zero-order chi connectivity index (χ0) is 25.2. The van der Waals surface area contributed by atoms with Crippen molar-refractivity contribution in [1.29, 1.82) is 0 Å². The molecule has 4 atom stereocenters. The number of aldehydes is 1. The van der Waals surface area contributed by atoms with Gasteiger partial charge < -0.3 is 24.6 Å². The molecule has 4 heterocycles. The maximum absolute atomic E-state index is 12.8. The number of nitrogen functional groups attached to an aromatic ring is 1. The Labute approximate surface area is 221 Å². The van der Waals surface area contributed by atoms with Crippen LogP contribution in [0.5, 0.6) is 0 Å². The van der Waals surface area contributed by atoms with Gasteiger partial charge in [0.15, 0.2) is 5.79 Å². The van der Waals surface area contributed by atoms with Crippen LogP contribution in [0.1, 0.15) is 38.3 Å². The van der Waals surface area contributed by atoms with Crippen molar-refractivity contribution in [2.45, 2.75) is 57.1 Å². The lowest BCUT2D eigenvalue weighted by atomic mass is 9.79. The minimum Gasteiger partial charge on any atom is -0.383 e. The molecule has 8 nitrogen and oxygen atoms in total. The molecule has 1 aliphatic carbocycles. The average molecular weight is 571 g/mol. The second-order valence-electron chi connectivity index (χ2n) is 10.2. The second-order valence-corrected chi connectivity index (χ2v) is 11.4. The van der Waals surface area contributed by atoms with Gasteiger partial charge in [-0.15, -0.1) is 0 Å². The Morgan fingerprint density at radius 3 is 2.89 bits per heavy atom. The molecular formula is C26H25BrClN5O3. The van der Waals surface area contributed by atoms with Crippen LogP contribution in [0.15, 0.2) is 47.3 Å². The normalized spacial score (nSPS) is 27.1. The van der Waals surface area contributed by atoms with Gasteiger partial charge in [-0.25, -0.2) is 15.0 Å². The molecule has 36 heavy (non-hydrogen) atoms. The van der Waals surface area contributed by atoms with Gasteiger partial charge in [0.05, 0.1) is 26.8 Å². The first-order valence-corrected chi connectivity index (χ1v) is 13.0. The van der Waals surface area contributed by atoms with Crippen molar-refractivity contribution in [2.75, 3.05) is 5.73 Å². The number of anilines is 1. The van der Waals surface area contributed by atoms with E-state index in [0.717, 1.165) is 38.3 Å². The van der Waals surface area contributed by atoms with E-state index in [1.165, 1.54) is 6.33 Å². The Hall–Kier alpha value is -2.59. The van der Waals surface area contributed by atoms with E-state index in [9.17, 15) is 4.79 Å². The van der Waals surface area contributed by atoms with Crippen molar-refractivity contribution in [3.63, 3.8) is 0 Å². The predicted molar refractivity (Wildman–Crippen MR) is 141 cm³/mol. The summed E-state index contributed by atoms with van der Waals surface area (Å²) in [5.41, 5.74) is 7.90. The minimum atomic E-state index is -0.796. The van der Waals surface area contributed by atoms with Crippen LogP contribution in [0.4, 0.5) is 5.82 Å². The number of carbonyl (C=O) groups excluding carboxylic acids is 1. The molecule has 0 amide bonds. The van der Waals surface area contributed by atoms with Gasteiger partial charge >= 0.3 is 0 Å². The predicted octanol–water partition coefficient (Wildman–Crippen LogP) is 5.26. The van der Waals surface area contributed by atoms with Gasteiger partial charge in [-0.05, 0) is 72.8 Å². The van der Waals surface area contributed by atoms with Crippen molar-refractivity contribution in [2.24, 2.45) is 5.41 Å². The van der Waals surface area contributed by atoms with Gasteiger partial charge in [-0.3, -0.25) is 0 Å². The number of hydrogen-bond acceptors (Lipinski definition) is 7. The molecule has 0 spiro atoms. The molecule has 6 rings (SSSR count). The third kappa shape index (κ3) is 3.80. The molecule has 0 radical (unpaired) electrons. The summed E-state index contributed by atoms with van der Waals surface area (Å²) in [4.78, 5) is 25.9. The molecule has 0 bridgehead atoms. The van der Waals surface area contributed by atoms with Gasteiger partial charge in [-0.1, -0.05) is 23.7 Å². The molecule has 2 fully saturated rings. The third-order valence-corrected chi connectivity index (χ3v) is 8.39. The summed E-state index contributed by atoms with van der Waals surface area (Å²) in [6, 6.07) is 9.87. The molecular weight excluding hydrogens is 546 g/mol. The molecule has 1 saturated carbocycles. The second kappa shape index (κ2) is 8.48. The first-order valence-electron chi connectivity index (χ1n) is 11.8. The lowest BCUT2D eigenvalue weighted by Gasteiger charge is -2.30. The first-order chi connectivity index (χ1) is 17.2. The van der Waals surface area contributed by atoms with E-state index in [0.29, 0.717) is 30.2 Å². The lowest BCUT2D eigenvalue weighted by Crippen LogP contribution is -2.37. The molecule has 4 aromatic rings. The van der Waals surface area contributed by atoms with E-state index in [-0.39, 0.29) is 18.2 Å². The molecule has 1 aliphatic heterocycles. The summed E-state index contributed by atoms with van der Waals surface area (Å²) in [7, 11) is 0. The number of nitrogens with zero attached hydrogens (tertiary/aromatic N) is 4. The Morgan fingerprint density at radius 2 is 2.08 bits per heavy atom. The smallest absolute Gasteiger partial charge is 0.163 e. The highest BCUT2D eigenvalue weighted by Gasteiger charge is 2.61. The van der Waals surface area contributed by atoms with E-state index in [1.54, 1.807) is 0 Å². The van der Waals surface area contributed by atoms with Crippen LogP contribution >= 0.6 is 27.5 Å². The van der Waals surface area contributed by atoms with Gasteiger partial charge in [0, 0.05) is 11.6 Å². The fourth-order valence-corrected chi connectivity index (χ4v) is 6.28. The zero-order valence-corrected chi connectivity index (χ0v) is 22.2. The van der Waals surface area contributed by atoms with Crippen molar-refractivity contribution < 1.29 is 14.3 Å². The zero-order valence-electron chi connectivity index (χ0n) is 19.8. The molecule has 10 heteroatoms. The van der Waals surface area contributed by atoms with Crippen molar-refractivity contribution in [3.8, 4) is 0 Å². The summed E-state index contributed by atoms with van der Waals surface area (Å²) in [5, 5.41) is 2.17. The van der Waals surface area contributed by atoms with Crippen LogP contribution in [0.3, 0.4) is 0 Å². The number of aromatic nitrogens is 4. The molecule has 1 saturated heterocycles. The summed E-state index contributed by atoms with van der Waals surface area (Å²) >= 11 is 9.74. The highest BCUT2D eigenvalue weighted by Crippen LogP contribution is 2.55. The highest BCUT2D eigenvalue weighted by molar-refractivity contribution is 9.10. The van der Waals surface area contributed by atoms with Crippen LogP contribution in [-0.4, -0.2) is 43.8 Å². The van der Waals surface area contributed by atoms with Gasteiger partial charge in [0.1, 0.15) is 41.4 Å². The third-order valence-electron chi connectivity index (χ3n) is 7.46. The maximum Gasteiger partial charge on any atom is 0.163 e. The fourth-order valence-electron chi connectivity index (χ4n) is 5.75. The number of rotatable bonds is 5. The summed E-state index contributed by atoms with van der Waals surface area (Å²) in [5.74, 6) is -0.345. The molecule has 2 aliphatic rings. The quantitative estimate of drug-likeness (QED) is 0.258. The van der Waals surface area contributed by atoms with Crippen LogP contribution in [0, 0.1) is 5.41 Å². The Balaban J connectivity index is 1.34. The topological polar surface area (TPSA) is 105 Å². The summed E-state index contributed by atoms with van der Waals surface area (Å²) < 4.78 is 15.6. The maximum atomic E-state index is 12.8. The van der Waals surface area contributed by atoms with Crippen LogP contribution in [0.2, 0.25) is 5.15 Å². The van der Waals surface area contributed by atoms with E-state index in [1.807, 2.05) is 44.3 Å². The van der Waals surface area contributed by atoms with Gasteiger partial charge in [0.2, 0.25) is 0 Å². The fraction of sp³-hybridized carbons (Fsp3) is 0.385. The van der Waals surface area contributed by atoms with Crippen LogP contribution < -0.4 is 5.73 Å². The SMILES string of the molecule is CC1(C)O[C@H]2[C@H](n3ccc4c(Cl)ncnc43)C[C@](C=O)(CCc3ccc4cc(Br)c(N)nc4c3)[C@H]2O1. The highest BCUT2D eigenvalue weighted by atomic mass is 79.9. The minimum absolute atomic E-state index is 0.138. The van der Waals surface area contributed by atoms with Crippen LogP contribution in [-0.2, 0) is 20.7 Å². The molecule has 186 valence electrons. The van der Waals surface area contributed by atoms with Crippen molar-refractivity contribution >= 4 is 61.6 Å². The molecule has 2 N–H and O–H groups in total. The Bertz CT molecular complexity index is 1510. The lowest BCUT2D eigenvalue weighted by molar-refractivity contribution is -0.170. The number of halogens is 2. The van der Waals surface area contributed by atoms with Gasteiger partial charge in [-0.2, -0.15) is 0 Å². The number of carbonyl (C=O) groups is 1. The van der Waals surface area contributed by atoms with E-state index in [2.05, 4.69) is 41.5 Å². The molecule has 3 aromatic heterocycles. The average Bonchev–Trinajstić information content (AvgIpc) is 3.49. The Morgan fingerprint density at radius 1 is 1.25 bits per heavy atom. The number of ether oxygens (including phenoxy) is 2. The largest absolute Gasteiger partial charge is 0.383 e. The summed E-state index contributed by atoms with van der Waals surface area (Å²) in [6.07, 6.45) is 5.65. The van der Waals surface area contributed by atoms with Gasteiger partial charge in [0.25, 0.3) is 0 Å². The number of fused-ring (bicyclic) bond motifs is 3. The summed E-state index contributed by atoms with van der Waals surface area (Å²) in [6.45, 7) is 3.78. The van der Waals surface area contributed by atoms with E-state index >= 15 is 0 Å². The number of hydrogen-bond donors (Lipinski definition) is 1. The van der Waals surface area contributed by atoms with Crippen molar-refractivity contribution in [1.82, 2.24) is 19.5 Å². The monoisotopic (exact) mass is 569 g/mol.